The lowest BCUT2D eigenvalue weighted by atomic mass is 10.2. The Morgan fingerprint density at radius 3 is 2.25 bits per heavy atom. The number of nitrogens with one attached hydrogen (secondary N) is 1. The molecule has 0 heterocycles. The second kappa shape index (κ2) is 7.90. The molecule has 16 heavy (non-hydrogen) atoms. The van der Waals surface area contributed by atoms with Crippen molar-refractivity contribution in [2.45, 2.75) is 45.8 Å². The van der Waals surface area contributed by atoms with Crippen LogP contribution in [-0.2, 0) is 0 Å². The molecule has 0 fully saturated rings. The van der Waals surface area contributed by atoms with E-state index in [1.54, 1.807) is 0 Å². The molecular formula is C11H23F3N2. The van der Waals surface area contributed by atoms with Crippen LogP contribution in [0.2, 0.25) is 0 Å². The highest BCUT2D eigenvalue weighted by molar-refractivity contribution is 4.70. The first-order valence-corrected chi connectivity index (χ1v) is 5.91. The van der Waals surface area contributed by atoms with Crippen LogP contribution in [-0.4, -0.2) is 43.3 Å². The van der Waals surface area contributed by atoms with Gasteiger partial charge in [-0.05, 0) is 32.9 Å². The monoisotopic (exact) mass is 240 g/mol. The molecule has 5 heteroatoms. The van der Waals surface area contributed by atoms with Crippen molar-refractivity contribution in [2.75, 3.05) is 26.2 Å². The largest absolute Gasteiger partial charge is 0.401 e. The molecule has 1 N–H and O–H groups in total. The Hall–Kier alpha value is -0.290. The van der Waals surface area contributed by atoms with Crippen molar-refractivity contribution in [2.24, 2.45) is 0 Å². The number of hydrogen-bond acceptors (Lipinski definition) is 2. The predicted octanol–water partition coefficient (Wildman–Crippen LogP) is 2.65. The average Bonchev–Trinajstić information content (AvgIpc) is 2.12. The zero-order valence-electron chi connectivity index (χ0n) is 10.4. The van der Waals surface area contributed by atoms with Gasteiger partial charge in [0, 0.05) is 12.6 Å². The van der Waals surface area contributed by atoms with E-state index in [0.29, 0.717) is 13.1 Å². The summed E-state index contributed by atoms with van der Waals surface area (Å²) in [5.74, 6) is 0. The fourth-order valence-corrected chi connectivity index (χ4v) is 1.65. The van der Waals surface area contributed by atoms with Crippen LogP contribution in [0.5, 0.6) is 0 Å². The van der Waals surface area contributed by atoms with Crippen molar-refractivity contribution in [3.8, 4) is 0 Å². The molecule has 0 aromatic rings. The van der Waals surface area contributed by atoms with Crippen molar-refractivity contribution in [3.05, 3.63) is 0 Å². The van der Waals surface area contributed by atoms with E-state index < -0.39 is 12.7 Å². The maximum Gasteiger partial charge on any atom is 0.401 e. The highest BCUT2D eigenvalue weighted by Gasteiger charge is 2.30. The highest BCUT2D eigenvalue weighted by Crippen LogP contribution is 2.16. The van der Waals surface area contributed by atoms with Crippen LogP contribution in [0.15, 0.2) is 0 Å². The minimum absolute atomic E-state index is 0.105. The molecule has 0 saturated carbocycles. The highest BCUT2D eigenvalue weighted by atomic mass is 19.4. The Kier molecular flexibility index (Phi) is 7.76. The summed E-state index contributed by atoms with van der Waals surface area (Å²) in [5.41, 5.74) is 0. The summed E-state index contributed by atoms with van der Waals surface area (Å²) in [7, 11) is 0. The van der Waals surface area contributed by atoms with Crippen molar-refractivity contribution in [1.82, 2.24) is 10.2 Å². The Balaban J connectivity index is 4.01. The van der Waals surface area contributed by atoms with Gasteiger partial charge in [-0.25, -0.2) is 0 Å². The van der Waals surface area contributed by atoms with Gasteiger partial charge in [-0.1, -0.05) is 13.8 Å². The maximum absolute atomic E-state index is 12.3. The third-order valence-corrected chi connectivity index (χ3v) is 2.22. The molecule has 0 amide bonds. The zero-order chi connectivity index (χ0) is 12.6. The molecule has 0 saturated heterocycles. The van der Waals surface area contributed by atoms with Crippen LogP contribution in [0.25, 0.3) is 0 Å². The fraction of sp³-hybridized carbons (Fsp3) is 1.00. The quantitative estimate of drug-likeness (QED) is 0.701. The molecule has 0 bridgehead atoms. The Morgan fingerprint density at radius 2 is 1.81 bits per heavy atom. The van der Waals surface area contributed by atoms with Crippen LogP contribution >= 0.6 is 0 Å². The first-order valence-electron chi connectivity index (χ1n) is 5.91. The average molecular weight is 240 g/mol. The van der Waals surface area contributed by atoms with E-state index in [-0.39, 0.29) is 6.04 Å². The molecule has 1 atom stereocenters. The van der Waals surface area contributed by atoms with Crippen LogP contribution in [0.1, 0.15) is 33.6 Å². The second-order valence-electron chi connectivity index (χ2n) is 4.21. The van der Waals surface area contributed by atoms with E-state index in [2.05, 4.69) is 5.32 Å². The van der Waals surface area contributed by atoms with Gasteiger partial charge in [-0.15, -0.1) is 0 Å². The lowest BCUT2D eigenvalue weighted by Crippen LogP contribution is -2.43. The van der Waals surface area contributed by atoms with Gasteiger partial charge in [0.25, 0.3) is 0 Å². The molecule has 0 aromatic heterocycles. The lowest BCUT2D eigenvalue weighted by molar-refractivity contribution is -0.146. The topological polar surface area (TPSA) is 15.3 Å². The van der Waals surface area contributed by atoms with E-state index in [9.17, 15) is 13.2 Å². The number of nitrogens with zero attached hydrogens (tertiary/aromatic N) is 1. The summed E-state index contributed by atoms with van der Waals surface area (Å²) < 4.78 is 36.8. The number of halogens is 3. The Morgan fingerprint density at radius 1 is 1.19 bits per heavy atom. The minimum atomic E-state index is -4.10. The molecule has 0 spiro atoms. The van der Waals surface area contributed by atoms with Crippen LogP contribution < -0.4 is 5.32 Å². The molecule has 0 aliphatic heterocycles. The van der Waals surface area contributed by atoms with Gasteiger partial charge >= 0.3 is 6.18 Å². The number of rotatable bonds is 8. The van der Waals surface area contributed by atoms with Crippen molar-refractivity contribution in [3.63, 3.8) is 0 Å². The summed E-state index contributed by atoms with van der Waals surface area (Å²) in [5, 5.41) is 3.20. The van der Waals surface area contributed by atoms with Crippen molar-refractivity contribution >= 4 is 0 Å². The SMILES string of the molecule is CCCNC(C)CN(CCC)CC(F)(F)F. The summed E-state index contributed by atoms with van der Waals surface area (Å²) in [6.07, 6.45) is -2.35. The fourth-order valence-electron chi connectivity index (χ4n) is 1.65. The Labute approximate surface area is 96.2 Å². The third-order valence-electron chi connectivity index (χ3n) is 2.22. The van der Waals surface area contributed by atoms with Gasteiger partial charge in [0.1, 0.15) is 0 Å². The maximum atomic E-state index is 12.3. The molecule has 98 valence electrons. The van der Waals surface area contributed by atoms with Crippen LogP contribution in [0, 0.1) is 0 Å². The molecule has 0 radical (unpaired) electrons. The standard InChI is InChI=1S/C11H23F3N2/c1-4-6-15-10(3)8-16(7-5-2)9-11(12,13)14/h10,15H,4-9H2,1-3H3. The summed E-state index contributed by atoms with van der Waals surface area (Å²) >= 11 is 0. The van der Waals surface area contributed by atoms with E-state index in [1.807, 2.05) is 20.8 Å². The van der Waals surface area contributed by atoms with Gasteiger partial charge in [-0.3, -0.25) is 4.90 Å². The minimum Gasteiger partial charge on any atom is -0.313 e. The number of hydrogen-bond donors (Lipinski definition) is 1. The summed E-state index contributed by atoms with van der Waals surface area (Å²) in [6.45, 7) is 6.86. The van der Waals surface area contributed by atoms with Gasteiger partial charge in [0.05, 0.1) is 6.54 Å². The van der Waals surface area contributed by atoms with Crippen LogP contribution in [0.3, 0.4) is 0 Å². The van der Waals surface area contributed by atoms with E-state index in [1.165, 1.54) is 4.90 Å². The summed E-state index contributed by atoms with van der Waals surface area (Å²) in [6, 6.07) is 0.105. The normalized spacial score (nSPS) is 14.4. The molecule has 1 unspecified atom stereocenters. The lowest BCUT2D eigenvalue weighted by Gasteiger charge is -2.26. The van der Waals surface area contributed by atoms with Gasteiger partial charge < -0.3 is 5.32 Å². The first kappa shape index (κ1) is 15.7. The molecule has 0 aromatic carbocycles. The molecule has 0 rings (SSSR count). The van der Waals surface area contributed by atoms with Gasteiger partial charge in [0.2, 0.25) is 0 Å². The van der Waals surface area contributed by atoms with Crippen molar-refractivity contribution < 1.29 is 13.2 Å². The predicted molar refractivity (Wildman–Crippen MR) is 60.5 cm³/mol. The van der Waals surface area contributed by atoms with E-state index in [4.69, 9.17) is 0 Å². The molecule has 2 nitrogen and oxygen atoms in total. The van der Waals surface area contributed by atoms with Crippen molar-refractivity contribution in [1.29, 1.82) is 0 Å². The first-order chi connectivity index (χ1) is 7.39. The van der Waals surface area contributed by atoms with Gasteiger partial charge in [0.15, 0.2) is 0 Å². The van der Waals surface area contributed by atoms with Gasteiger partial charge in [-0.2, -0.15) is 13.2 Å². The van der Waals surface area contributed by atoms with E-state index in [0.717, 1.165) is 19.4 Å². The molecule has 0 aliphatic carbocycles. The Bertz CT molecular complexity index is 171. The summed E-state index contributed by atoms with van der Waals surface area (Å²) in [4.78, 5) is 1.47. The van der Waals surface area contributed by atoms with Crippen LogP contribution in [0.4, 0.5) is 13.2 Å². The number of alkyl halides is 3. The third kappa shape index (κ3) is 8.97. The molecule has 0 aliphatic rings. The van der Waals surface area contributed by atoms with E-state index >= 15 is 0 Å². The zero-order valence-corrected chi connectivity index (χ0v) is 10.4. The second-order valence-corrected chi connectivity index (χ2v) is 4.21. The molecular weight excluding hydrogens is 217 g/mol. The smallest absolute Gasteiger partial charge is 0.313 e.